The SMILES string of the molecule is C=C(N)/C=C\C(=C)CCC(=C)/C=C\C(=C)C1(C(=C)/C=C\C(=C)CCC(=C)/C=C\C(=C)N)CCC(CCC2CCCCC2)CC1. The summed E-state index contributed by atoms with van der Waals surface area (Å²) in [5, 5.41) is 0. The average molecular weight is 593 g/mol. The molecular weight excluding hydrogens is 532 g/mol. The second-order valence-electron chi connectivity index (χ2n) is 13.3. The van der Waals surface area contributed by atoms with Gasteiger partial charge >= 0.3 is 0 Å². The molecular formula is C42H60N2. The zero-order chi connectivity index (χ0) is 32.5. The Morgan fingerprint density at radius 2 is 0.818 bits per heavy atom. The molecule has 2 rings (SSSR count). The van der Waals surface area contributed by atoms with Crippen LogP contribution in [0.25, 0.3) is 0 Å². The van der Waals surface area contributed by atoms with Gasteiger partial charge in [0, 0.05) is 16.8 Å². The van der Waals surface area contributed by atoms with E-state index in [4.69, 9.17) is 11.5 Å². The Morgan fingerprint density at radius 1 is 0.477 bits per heavy atom. The molecule has 238 valence electrons. The van der Waals surface area contributed by atoms with Crippen LogP contribution in [0.15, 0.2) is 146 Å². The van der Waals surface area contributed by atoms with Gasteiger partial charge in [0.1, 0.15) is 0 Å². The van der Waals surface area contributed by atoms with E-state index in [0.717, 1.165) is 83.8 Å². The van der Waals surface area contributed by atoms with Gasteiger partial charge in [0.15, 0.2) is 0 Å². The Morgan fingerprint density at radius 3 is 1.18 bits per heavy atom. The third-order valence-electron chi connectivity index (χ3n) is 9.54. The second-order valence-corrected chi connectivity index (χ2v) is 13.3. The minimum Gasteiger partial charge on any atom is -0.399 e. The van der Waals surface area contributed by atoms with Crippen LogP contribution < -0.4 is 11.5 Å². The van der Waals surface area contributed by atoms with E-state index >= 15 is 0 Å². The maximum Gasteiger partial charge on any atom is 0.0241 e. The molecule has 0 bridgehead atoms. The van der Waals surface area contributed by atoms with Crippen LogP contribution in [0.1, 0.15) is 96.3 Å². The number of hydrogen-bond donors (Lipinski definition) is 2. The summed E-state index contributed by atoms with van der Waals surface area (Å²) in [6, 6.07) is 0. The van der Waals surface area contributed by atoms with Crippen molar-refractivity contribution in [2.75, 3.05) is 0 Å². The van der Waals surface area contributed by atoms with Crippen LogP contribution in [0.2, 0.25) is 0 Å². The zero-order valence-corrected chi connectivity index (χ0v) is 27.7. The van der Waals surface area contributed by atoms with E-state index in [2.05, 4.69) is 76.9 Å². The monoisotopic (exact) mass is 592 g/mol. The fourth-order valence-corrected chi connectivity index (χ4v) is 6.44. The molecule has 2 aliphatic rings. The van der Waals surface area contributed by atoms with Gasteiger partial charge in [-0.1, -0.05) is 156 Å². The lowest BCUT2D eigenvalue weighted by Gasteiger charge is -2.42. The molecule has 0 aromatic heterocycles. The first kappa shape index (κ1) is 36.7. The van der Waals surface area contributed by atoms with E-state index < -0.39 is 0 Å². The molecule has 0 aromatic rings. The number of hydrogen-bond acceptors (Lipinski definition) is 2. The molecule has 0 aliphatic heterocycles. The Labute approximate surface area is 270 Å². The molecule has 0 radical (unpaired) electrons. The summed E-state index contributed by atoms with van der Waals surface area (Å²) in [5.41, 5.74) is 18.6. The van der Waals surface area contributed by atoms with E-state index in [1.807, 2.05) is 12.2 Å². The molecule has 0 spiro atoms. The predicted octanol–water partition coefficient (Wildman–Crippen LogP) is 11.6. The average Bonchev–Trinajstić information content (AvgIpc) is 3.01. The molecule has 0 atom stereocenters. The molecule has 2 aliphatic carbocycles. The van der Waals surface area contributed by atoms with Crippen LogP contribution in [0.4, 0.5) is 0 Å². The fraction of sp³-hybridized carbons (Fsp3) is 0.429. The fourth-order valence-electron chi connectivity index (χ4n) is 6.44. The van der Waals surface area contributed by atoms with E-state index in [9.17, 15) is 0 Å². The Hall–Kier alpha value is -3.52. The van der Waals surface area contributed by atoms with Crippen molar-refractivity contribution < 1.29 is 0 Å². The lowest BCUT2D eigenvalue weighted by molar-refractivity contribution is 0.208. The van der Waals surface area contributed by atoms with Crippen LogP contribution in [0.5, 0.6) is 0 Å². The molecule has 44 heavy (non-hydrogen) atoms. The third-order valence-corrected chi connectivity index (χ3v) is 9.54. The standard InChI is InChI=1S/C42H60N2/c1-32(14-16-34(3)20-24-38(7)43)18-22-36(5)42(30-28-41(29-31-42)27-26-40-12-10-9-11-13-40)37(6)23-19-33(2)15-17-35(4)21-25-39(8)44/h18-25,40-41H,1-17,26-31,43-44H2/b22-18-,23-19-,24-20-,25-21-. The highest BCUT2D eigenvalue weighted by Crippen LogP contribution is 2.50. The van der Waals surface area contributed by atoms with Crippen molar-refractivity contribution in [3.05, 3.63) is 146 Å². The highest BCUT2D eigenvalue weighted by atomic mass is 14.5. The maximum atomic E-state index is 5.64. The van der Waals surface area contributed by atoms with E-state index in [1.54, 1.807) is 12.2 Å². The quantitative estimate of drug-likeness (QED) is 0.147. The molecule has 2 heteroatoms. The highest BCUT2D eigenvalue weighted by Gasteiger charge is 2.38. The maximum absolute atomic E-state index is 5.64. The van der Waals surface area contributed by atoms with Crippen molar-refractivity contribution in [1.82, 2.24) is 0 Å². The molecule has 2 saturated carbocycles. The first-order chi connectivity index (χ1) is 20.9. The van der Waals surface area contributed by atoms with E-state index in [0.29, 0.717) is 11.4 Å². The molecule has 0 aromatic carbocycles. The van der Waals surface area contributed by atoms with Crippen LogP contribution in [0, 0.1) is 17.3 Å². The van der Waals surface area contributed by atoms with E-state index in [-0.39, 0.29) is 5.41 Å². The normalized spacial score (nSPS) is 17.8. The summed E-state index contributed by atoms with van der Waals surface area (Å²) in [6.07, 6.45) is 33.9. The highest BCUT2D eigenvalue weighted by molar-refractivity contribution is 5.42. The predicted molar refractivity (Wildman–Crippen MR) is 197 cm³/mol. The van der Waals surface area contributed by atoms with Gasteiger partial charge in [-0.2, -0.15) is 0 Å². The molecule has 0 amide bonds. The third kappa shape index (κ3) is 13.4. The number of rotatable bonds is 19. The van der Waals surface area contributed by atoms with E-state index in [1.165, 1.54) is 57.8 Å². The van der Waals surface area contributed by atoms with Gasteiger partial charge in [-0.25, -0.2) is 0 Å². The summed E-state index contributed by atoms with van der Waals surface area (Å²) in [6.45, 7) is 33.5. The van der Waals surface area contributed by atoms with Crippen LogP contribution in [0.3, 0.4) is 0 Å². The van der Waals surface area contributed by atoms with Crippen LogP contribution in [-0.2, 0) is 0 Å². The first-order valence-corrected chi connectivity index (χ1v) is 16.6. The molecule has 0 unspecified atom stereocenters. The van der Waals surface area contributed by atoms with Crippen LogP contribution >= 0.6 is 0 Å². The van der Waals surface area contributed by atoms with Crippen molar-refractivity contribution in [1.29, 1.82) is 0 Å². The van der Waals surface area contributed by atoms with Crippen molar-refractivity contribution in [3.63, 3.8) is 0 Å². The lowest BCUT2D eigenvalue weighted by atomic mass is 9.62. The molecule has 2 nitrogen and oxygen atoms in total. The summed E-state index contributed by atoms with van der Waals surface area (Å²) >= 11 is 0. The van der Waals surface area contributed by atoms with Crippen LogP contribution in [-0.4, -0.2) is 0 Å². The Kier molecular flexibility index (Phi) is 15.8. The first-order valence-electron chi connectivity index (χ1n) is 16.6. The second kappa shape index (κ2) is 19.0. The van der Waals surface area contributed by atoms with Gasteiger partial charge in [0.25, 0.3) is 0 Å². The topological polar surface area (TPSA) is 52.0 Å². The van der Waals surface area contributed by atoms with Gasteiger partial charge in [0.05, 0.1) is 0 Å². The van der Waals surface area contributed by atoms with Crippen molar-refractivity contribution in [3.8, 4) is 0 Å². The van der Waals surface area contributed by atoms with Gasteiger partial charge < -0.3 is 11.5 Å². The summed E-state index contributed by atoms with van der Waals surface area (Å²) in [4.78, 5) is 0. The summed E-state index contributed by atoms with van der Waals surface area (Å²) in [5.74, 6) is 1.75. The number of allylic oxidation sites excluding steroid dienone is 14. The van der Waals surface area contributed by atoms with Crippen molar-refractivity contribution >= 4 is 0 Å². The molecule has 4 N–H and O–H groups in total. The smallest absolute Gasteiger partial charge is 0.0241 e. The minimum atomic E-state index is -0.142. The zero-order valence-electron chi connectivity index (χ0n) is 27.7. The molecule has 0 saturated heterocycles. The van der Waals surface area contributed by atoms with Gasteiger partial charge in [-0.3, -0.25) is 0 Å². The Balaban J connectivity index is 2.07. The van der Waals surface area contributed by atoms with Gasteiger partial charge in [-0.05, 0) is 86.5 Å². The lowest BCUT2D eigenvalue weighted by Crippen LogP contribution is -2.30. The van der Waals surface area contributed by atoms with Crippen molar-refractivity contribution in [2.24, 2.45) is 28.7 Å². The summed E-state index contributed by atoms with van der Waals surface area (Å²) in [7, 11) is 0. The minimum absolute atomic E-state index is 0.142. The van der Waals surface area contributed by atoms with Crippen molar-refractivity contribution in [2.45, 2.75) is 96.3 Å². The largest absolute Gasteiger partial charge is 0.399 e. The molecule has 0 heterocycles. The van der Waals surface area contributed by atoms with Gasteiger partial charge in [-0.15, -0.1) is 0 Å². The Bertz CT molecular complexity index is 1120. The molecule has 2 fully saturated rings. The summed E-state index contributed by atoms with van der Waals surface area (Å²) < 4.78 is 0. The number of nitrogens with two attached hydrogens (primary N) is 2. The van der Waals surface area contributed by atoms with Gasteiger partial charge in [0.2, 0.25) is 0 Å².